The maximum atomic E-state index is 12.9. The Bertz CT molecular complexity index is 1070. The number of hydrogen-bond donors (Lipinski definition) is 1. The molecule has 4 rings (SSSR count). The first-order valence-electron chi connectivity index (χ1n) is 9.55. The molecule has 0 saturated carbocycles. The molecule has 0 bridgehead atoms. The number of ether oxygens (including phenoxy) is 1. The Balaban J connectivity index is 1.78. The van der Waals surface area contributed by atoms with Crippen molar-refractivity contribution >= 4 is 17.4 Å². The van der Waals surface area contributed by atoms with Crippen LogP contribution in [0, 0.1) is 0 Å². The van der Waals surface area contributed by atoms with E-state index in [1.165, 1.54) is 11.2 Å². The third kappa shape index (κ3) is 3.57. The fourth-order valence-corrected chi connectivity index (χ4v) is 3.48. The van der Waals surface area contributed by atoms with Crippen molar-refractivity contribution in [1.82, 2.24) is 9.88 Å². The van der Waals surface area contributed by atoms with Crippen LogP contribution in [0.4, 0.5) is 0 Å². The van der Waals surface area contributed by atoms with Gasteiger partial charge in [-0.05, 0) is 55.5 Å². The smallest absolute Gasteiger partial charge is 0.296 e. The quantitative estimate of drug-likeness (QED) is 0.383. The SMILES string of the molecule is CCOc1ccc(/C(O)=C2/C(=O)C(=O)N(Cc3ccccn3)C2c2ccco2)cc1. The number of ketones is 1. The summed E-state index contributed by atoms with van der Waals surface area (Å²) >= 11 is 0. The molecule has 1 aromatic carbocycles. The van der Waals surface area contributed by atoms with E-state index in [0.717, 1.165) is 0 Å². The molecule has 1 unspecified atom stereocenters. The van der Waals surface area contributed by atoms with Gasteiger partial charge in [-0.15, -0.1) is 0 Å². The fourth-order valence-electron chi connectivity index (χ4n) is 3.48. The number of Topliss-reactive ketones (excluding diaryl/α,β-unsaturated/α-hetero) is 1. The van der Waals surface area contributed by atoms with Crippen LogP contribution in [0.25, 0.3) is 5.76 Å². The van der Waals surface area contributed by atoms with Crippen molar-refractivity contribution < 1.29 is 23.8 Å². The van der Waals surface area contributed by atoms with Crippen LogP contribution in [-0.4, -0.2) is 33.3 Å². The van der Waals surface area contributed by atoms with Crippen molar-refractivity contribution in [3.05, 3.63) is 89.6 Å². The normalized spacial score (nSPS) is 18.0. The molecule has 1 N–H and O–H groups in total. The Hall–Kier alpha value is -3.87. The molecule has 7 heteroatoms. The fraction of sp³-hybridized carbons (Fsp3) is 0.174. The molecule has 7 nitrogen and oxygen atoms in total. The Morgan fingerprint density at radius 2 is 1.93 bits per heavy atom. The van der Waals surface area contributed by atoms with Gasteiger partial charge in [0.05, 0.1) is 30.7 Å². The van der Waals surface area contributed by atoms with E-state index in [1.807, 2.05) is 6.92 Å². The number of aliphatic hydroxyl groups excluding tert-OH is 1. The number of hydrogen-bond acceptors (Lipinski definition) is 6. The summed E-state index contributed by atoms with van der Waals surface area (Å²) in [6.45, 7) is 2.50. The summed E-state index contributed by atoms with van der Waals surface area (Å²) in [4.78, 5) is 31.4. The van der Waals surface area contributed by atoms with E-state index in [1.54, 1.807) is 60.8 Å². The molecule has 1 aliphatic heterocycles. The molecule has 0 spiro atoms. The lowest BCUT2D eigenvalue weighted by Gasteiger charge is -2.22. The van der Waals surface area contributed by atoms with Gasteiger partial charge in [0.2, 0.25) is 0 Å². The number of benzene rings is 1. The number of nitrogens with zero attached hydrogens (tertiary/aromatic N) is 2. The topological polar surface area (TPSA) is 92.9 Å². The first-order chi connectivity index (χ1) is 14.6. The summed E-state index contributed by atoms with van der Waals surface area (Å²) in [5.74, 6) is -0.709. The average molecular weight is 404 g/mol. The highest BCUT2D eigenvalue weighted by Gasteiger charge is 2.47. The second-order valence-electron chi connectivity index (χ2n) is 6.72. The predicted octanol–water partition coefficient (Wildman–Crippen LogP) is 3.70. The number of furan rings is 1. The van der Waals surface area contributed by atoms with E-state index in [0.29, 0.717) is 29.4 Å². The van der Waals surface area contributed by atoms with Gasteiger partial charge in [0.25, 0.3) is 11.7 Å². The summed E-state index contributed by atoms with van der Waals surface area (Å²) in [6.07, 6.45) is 3.08. The standard InChI is InChI=1S/C23H20N2O5/c1-2-29-17-10-8-15(9-11-17)21(26)19-20(18-7-5-13-30-18)25(23(28)22(19)27)14-16-6-3-4-12-24-16/h3-13,20,26H,2,14H2,1H3/b21-19-. The number of amides is 1. The molecule has 2 aromatic heterocycles. The molecule has 1 aliphatic rings. The highest BCUT2D eigenvalue weighted by atomic mass is 16.5. The van der Waals surface area contributed by atoms with Gasteiger partial charge in [0.1, 0.15) is 23.3 Å². The molecular formula is C23H20N2O5. The van der Waals surface area contributed by atoms with Gasteiger partial charge in [-0.2, -0.15) is 0 Å². The molecule has 1 amide bonds. The van der Waals surface area contributed by atoms with E-state index in [2.05, 4.69) is 4.98 Å². The molecule has 0 aliphatic carbocycles. The first-order valence-corrected chi connectivity index (χ1v) is 9.55. The van der Waals surface area contributed by atoms with Gasteiger partial charge in [0.15, 0.2) is 0 Å². The number of aliphatic hydroxyl groups is 1. The second-order valence-corrected chi connectivity index (χ2v) is 6.72. The summed E-state index contributed by atoms with van der Waals surface area (Å²) in [6, 6.07) is 14.5. The highest BCUT2D eigenvalue weighted by molar-refractivity contribution is 6.46. The van der Waals surface area contributed by atoms with Crippen molar-refractivity contribution in [2.45, 2.75) is 19.5 Å². The second kappa shape index (κ2) is 8.24. The Kier molecular flexibility index (Phi) is 5.34. The lowest BCUT2D eigenvalue weighted by Crippen LogP contribution is -2.29. The monoisotopic (exact) mass is 404 g/mol. The maximum absolute atomic E-state index is 12.9. The van der Waals surface area contributed by atoms with E-state index in [9.17, 15) is 14.7 Å². The minimum absolute atomic E-state index is 0.0185. The summed E-state index contributed by atoms with van der Waals surface area (Å²) in [5.41, 5.74) is 1.01. The van der Waals surface area contributed by atoms with Crippen LogP contribution in [0.15, 0.2) is 77.0 Å². The Morgan fingerprint density at radius 3 is 2.57 bits per heavy atom. The largest absolute Gasteiger partial charge is 0.507 e. The Labute approximate surface area is 173 Å². The maximum Gasteiger partial charge on any atom is 0.296 e. The van der Waals surface area contributed by atoms with Crippen LogP contribution < -0.4 is 4.74 Å². The molecule has 3 heterocycles. The van der Waals surface area contributed by atoms with Crippen LogP contribution in [0.3, 0.4) is 0 Å². The first kappa shape index (κ1) is 19.4. The zero-order chi connectivity index (χ0) is 21.1. The summed E-state index contributed by atoms with van der Waals surface area (Å²) in [7, 11) is 0. The summed E-state index contributed by atoms with van der Waals surface area (Å²) < 4.78 is 10.9. The number of carbonyl (C=O) groups excluding carboxylic acids is 2. The number of pyridine rings is 1. The molecule has 3 aromatic rings. The van der Waals surface area contributed by atoms with E-state index >= 15 is 0 Å². The van der Waals surface area contributed by atoms with Gasteiger partial charge in [-0.25, -0.2) is 0 Å². The molecule has 1 atom stereocenters. The molecule has 1 saturated heterocycles. The molecular weight excluding hydrogens is 384 g/mol. The molecule has 0 radical (unpaired) electrons. The zero-order valence-corrected chi connectivity index (χ0v) is 16.3. The lowest BCUT2D eigenvalue weighted by molar-refractivity contribution is -0.140. The van der Waals surface area contributed by atoms with Crippen LogP contribution in [0.1, 0.15) is 30.0 Å². The minimum atomic E-state index is -0.853. The van der Waals surface area contributed by atoms with Gasteiger partial charge in [0, 0.05) is 11.8 Å². The third-order valence-corrected chi connectivity index (χ3v) is 4.85. The van der Waals surface area contributed by atoms with Gasteiger partial charge in [-0.3, -0.25) is 14.6 Å². The molecule has 1 fully saturated rings. The third-order valence-electron chi connectivity index (χ3n) is 4.85. The molecule has 152 valence electrons. The average Bonchev–Trinajstić information content (AvgIpc) is 3.38. The van der Waals surface area contributed by atoms with Crippen molar-refractivity contribution in [3.63, 3.8) is 0 Å². The van der Waals surface area contributed by atoms with Crippen LogP contribution in [-0.2, 0) is 16.1 Å². The molecule has 30 heavy (non-hydrogen) atoms. The lowest BCUT2D eigenvalue weighted by atomic mass is 9.99. The van der Waals surface area contributed by atoms with E-state index in [4.69, 9.17) is 9.15 Å². The van der Waals surface area contributed by atoms with Gasteiger partial charge >= 0.3 is 0 Å². The van der Waals surface area contributed by atoms with Crippen molar-refractivity contribution in [2.24, 2.45) is 0 Å². The number of carbonyl (C=O) groups is 2. The highest BCUT2D eigenvalue weighted by Crippen LogP contribution is 2.40. The number of likely N-dealkylation sites (tertiary alicyclic amines) is 1. The van der Waals surface area contributed by atoms with Crippen molar-refractivity contribution in [2.75, 3.05) is 6.61 Å². The van der Waals surface area contributed by atoms with E-state index < -0.39 is 17.7 Å². The van der Waals surface area contributed by atoms with Crippen LogP contribution >= 0.6 is 0 Å². The number of rotatable bonds is 6. The van der Waals surface area contributed by atoms with Gasteiger partial charge < -0.3 is 19.2 Å². The minimum Gasteiger partial charge on any atom is -0.507 e. The zero-order valence-electron chi connectivity index (χ0n) is 16.3. The van der Waals surface area contributed by atoms with Crippen LogP contribution in [0.2, 0.25) is 0 Å². The van der Waals surface area contributed by atoms with E-state index in [-0.39, 0.29) is 17.9 Å². The summed E-state index contributed by atoms with van der Waals surface area (Å²) in [5, 5.41) is 11.0. The van der Waals surface area contributed by atoms with Gasteiger partial charge in [-0.1, -0.05) is 6.07 Å². The Morgan fingerprint density at radius 1 is 1.13 bits per heavy atom. The number of aromatic nitrogens is 1. The van der Waals surface area contributed by atoms with Crippen molar-refractivity contribution in [1.29, 1.82) is 0 Å². The van der Waals surface area contributed by atoms with Crippen LogP contribution in [0.5, 0.6) is 5.75 Å². The van der Waals surface area contributed by atoms with Crippen molar-refractivity contribution in [3.8, 4) is 5.75 Å². The predicted molar refractivity (Wildman–Crippen MR) is 108 cm³/mol.